The normalized spacial score (nSPS) is 10.4. The maximum Gasteiger partial charge on any atom is 0.275 e. The smallest absolute Gasteiger partial charge is 0.275 e. The Bertz CT molecular complexity index is 915. The first-order valence-corrected chi connectivity index (χ1v) is 7.81. The lowest BCUT2D eigenvalue weighted by molar-refractivity contribution is 0.102. The van der Waals surface area contributed by atoms with Crippen molar-refractivity contribution in [2.45, 2.75) is 6.92 Å². The van der Waals surface area contributed by atoms with Crippen LogP contribution in [-0.2, 0) is 0 Å². The molecule has 0 aliphatic carbocycles. The summed E-state index contributed by atoms with van der Waals surface area (Å²) >= 11 is 6.08. The Labute approximate surface area is 148 Å². The molecule has 0 fully saturated rings. The lowest BCUT2D eigenvalue weighted by atomic mass is 10.2. The van der Waals surface area contributed by atoms with E-state index < -0.39 is 11.7 Å². The fourth-order valence-corrected chi connectivity index (χ4v) is 2.27. The minimum absolute atomic E-state index is 0.122. The highest BCUT2D eigenvalue weighted by molar-refractivity contribution is 6.31. The molecule has 3 aromatic rings. The molecule has 0 saturated carbocycles. The number of aryl methyl sites for hydroxylation is 1. The Morgan fingerprint density at radius 1 is 1.08 bits per heavy atom. The van der Waals surface area contributed by atoms with Gasteiger partial charge in [0.15, 0.2) is 0 Å². The summed E-state index contributed by atoms with van der Waals surface area (Å²) in [6.07, 6.45) is 2.78. The number of aromatic nitrogens is 2. The highest BCUT2D eigenvalue weighted by Gasteiger charge is 2.09. The van der Waals surface area contributed by atoms with Gasteiger partial charge in [-0.1, -0.05) is 23.7 Å². The van der Waals surface area contributed by atoms with Gasteiger partial charge in [0, 0.05) is 16.4 Å². The lowest BCUT2D eigenvalue weighted by Gasteiger charge is -2.08. The van der Waals surface area contributed by atoms with Gasteiger partial charge in [0.05, 0.1) is 12.4 Å². The molecule has 0 radical (unpaired) electrons. The summed E-state index contributed by atoms with van der Waals surface area (Å²) in [7, 11) is 0. The molecule has 2 aromatic carbocycles. The first-order chi connectivity index (χ1) is 12.0. The minimum Gasteiger partial charge on any atom is -0.339 e. The Balaban J connectivity index is 1.69. The van der Waals surface area contributed by atoms with Crippen molar-refractivity contribution < 1.29 is 9.18 Å². The van der Waals surface area contributed by atoms with Crippen LogP contribution in [0.2, 0.25) is 5.02 Å². The standard InChI is InChI=1S/C18H14ClFN4O/c1-11-5-6-14(8-15(11)19)23-17-10-21-16(9-22-17)18(25)24-13-4-2-3-12(20)7-13/h2-10H,1H3,(H,22,23)(H,24,25). The second-order valence-corrected chi connectivity index (χ2v) is 5.75. The quantitative estimate of drug-likeness (QED) is 0.718. The van der Waals surface area contributed by atoms with Crippen LogP contribution >= 0.6 is 11.6 Å². The van der Waals surface area contributed by atoms with Gasteiger partial charge in [0.25, 0.3) is 5.91 Å². The number of amides is 1. The predicted molar refractivity (Wildman–Crippen MR) is 95.9 cm³/mol. The van der Waals surface area contributed by atoms with Crippen molar-refractivity contribution in [2.75, 3.05) is 10.6 Å². The number of anilines is 3. The zero-order chi connectivity index (χ0) is 17.8. The van der Waals surface area contributed by atoms with E-state index in [2.05, 4.69) is 20.6 Å². The molecule has 0 saturated heterocycles. The Hall–Kier alpha value is -2.99. The molecule has 25 heavy (non-hydrogen) atoms. The van der Waals surface area contributed by atoms with Crippen LogP contribution < -0.4 is 10.6 Å². The van der Waals surface area contributed by atoms with Gasteiger partial charge in [-0.2, -0.15) is 0 Å². The average Bonchev–Trinajstić information content (AvgIpc) is 2.59. The molecule has 0 bridgehead atoms. The third kappa shape index (κ3) is 4.30. The summed E-state index contributed by atoms with van der Waals surface area (Å²) in [4.78, 5) is 20.3. The van der Waals surface area contributed by atoms with Gasteiger partial charge in [-0.05, 0) is 42.8 Å². The largest absolute Gasteiger partial charge is 0.339 e. The molecule has 0 spiro atoms. The second-order valence-electron chi connectivity index (χ2n) is 5.34. The fourth-order valence-electron chi connectivity index (χ4n) is 2.09. The van der Waals surface area contributed by atoms with Gasteiger partial charge in [0.2, 0.25) is 0 Å². The number of benzene rings is 2. The molecule has 2 N–H and O–H groups in total. The molecule has 1 heterocycles. The fraction of sp³-hybridized carbons (Fsp3) is 0.0556. The number of carbonyl (C=O) groups is 1. The van der Waals surface area contributed by atoms with Crippen molar-refractivity contribution in [1.29, 1.82) is 0 Å². The SMILES string of the molecule is Cc1ccc(Nc2cnc(C(=O)Nc3cccc(F)c3)cn2)cc1Cl. The lowest BCUT2D eigenvalue weighted by Crippen LogP contribution is -2.14. The van der Waals surface area contributed by atoms with Crippen LogP contribution in [0.3, 0.4) is 0 Å². The molecular formula is C18H14ClFN4O. The first-order valence-electron chi connectivity index (χ1n) is 7.43. The van der Waals surface area contributed by atoms with E-state index in [1.807, 2.05) is 19.1 Å². The number of carbonyl (C=O) groups excluding carboxylic acids is 1. The van der Waals surface area contributed by atoms with Crippen molar-refractivity contribution in [3.63, 3.8) is 0 Å². The Kier molecular flexibility index (Phi) is 4.90. The second kappa shape index (κ2) is 7.27. The summed E-state index contributed by atoms with van der Waals surface area (Å²) in [6.45, 7) is 1.91. The highest BCUT2D eigenvalue weighted by atomic mass is 35.5. The Morgan fingerprint density at radius 2 is 1.92 bits per heavy atom. The van der Waals surface area contributed by atoms with E-state index in [1.54, 1.807) is 12.1 Å². The summed E-state index contributed by atoms with van der Waals surface area (Å²) in [5.41, 5.74) is 2.21. The molecule has 1 aromatic heterocycles. The van der Waals surface area contributed by atoms with Crippen LogP contribution in [0.4, 0.5) is 21.6 Å². The molecule has 7 heteroatoms. The maximum absolute atomic E-state index is 13.1. The molecule has 126 valence electrons. The van der Waals surface area contributed by atoms with E-state index >= 15 is 0 Å². The minimum atomic E-state index is -0.469. The zero-order valence-electron chi connectivity index (χ0n) is 13.3. The van der Waals surface area contributed by atoms with Crippen molar-refractivity contribution in [3.8, 4) is 0 Å². The van der Waals surface area contributed by atoms with Crippen LogP contribution in [0.25, 0.3) is 0 Å². The molecule has 1 amide bonds. The van der Waals surface area contributed by atoms with Gasteiger partial charge in [-0.15, -0.1) is 0 Å². The predicted octanol–water partition coefficient (Wildman–Crippen LogP) is 4.57. The molecule has 0 aliphatic rings. The van der Waals surface area contributed by atoms with E-state index in [4.69, 9.17) is 11.6 Å². The topological polar surface area (TPSA) is 66.9 Å². The van der Waals surface area contributed by atoms with Crippen molar-refractivity contribution in [3.05, 3.63) is 77.0 Å². The molecular weight excluding hydrogens is 343 g/mol. The summed E-state index contributed by atoms with van der Waals surface area (Å²) in [6, 6.07) is 11.2. The number of nitrogens with one attached hydrogen (secondary N) is 2. The van der Waals surface area contributed by atoms with Gasteiger partial charge in [-0.3, -0.25) is 4.79 Å². The maximum atomic E-state index is 13.1. The van der Waals surface area contributed by atoms with Crippen molar-refractivity contribution >= 4 is 34.7 Å². The van der Waals surface area contributed by atoms with E-state index in [0.29, 0.717) is 16.5 Å². The average molecular weight is 357 g/mol. The van der Waals surface area contributed by atoms with E-state index in [0.717, 1.165) is 11.3 Å². The van der Waals surface area contributed by atoms with E-state index in [-0.39, 0.29) is 5.69 Å². The highest BCUT2D eigenvalue weighted by Crippen LogP contribution is 2.22. The number of rotatable bonds is 4. The number of hydrogen-bond acceptors (Lipinski definition) is 4. The summed E-state index contributed by atoms with van der Waals surface area (Å²) in [5, 5.41) is 6.26. The van der Waals surface area contributed by atoms with Gasteiger partial charge >= 0.3 is 0 Å². The van der Waals surface area contributed by atoms with Crippen LogP contribution in [0.5, 0.6) is 0 Å². The van der Waals surface area contributed by atoms with Crippen LogP contribution in [0, 0.1) is 12.7 Å². The monoisotopic (exact) mass is 356 g/mol. The van der Waals surface area contributed by atoms with E-state index in [1.165, 1.54) is 30.6 Å². The molecule has 3 rings (SSSR count). The van der Waals surface area contributed by atoms with Gasteiger partial charge in [0.1, 0.15) is 17.3 Å². The zero-order valence-corrected chi connectivity index (χ0v) is 14.0. The van der Waals surface area contributed by atoms with E-state index in [9.17, 15) is 9.18 Å². The van der Waals surface area contributed by atoms with Crippen molar-refractivity contribution in [1.82, 2.24) is 9.97 Å². The molecule has 0 aliphatic heterocycles. The summed E-state index contributed by atoms with van der Waals surface area (Å²) < 4.78 is 13.1. The number of nitrogens with zero attached hydrogens (tertiary/aromatic N) is 2. The molecule has 5 nitrogen and oxygen atoms in total. The Morgan fingerprint density at radius 3 is 2.60 bits per heavy atom. The first kappa shape index (κ1) is 16.9. The third-order valence-corrected chi connectivity index (χ3v) is 3.82. The van der Waals surface area contributed by atoms with Crippen LogP contribution in [0.15, 0.2) is 54.9 Å². The van der Waals surface area contributed by atoms with Crippen molar-refractivity contribution in [2.24, 2.45) is 0 Å². The third-order valence-electron chi connectivity index (χ3n) is 3.41. The van der Waals surface area contributed by atoms with Crippen LogP contribution in [-0.4, -0.2) is 15.9 Å². The summed E-state index contributed by atoms with van der Waals surface area (Å²) in [5.74, 6) is -0.426. The van der Waals surface area contributed by atoms with Gasteiger partial charge in [-0.25, -0.2) is 14.4 Å². The molecule has 0 unspecified atom stereocenters. The van der Waals surface area contributed by atoms with Crippen LogP contribution in [0.1, 0.15) is 16.1 Å². The number of hydrogen-bond donors (Lipinski definition) is 2. The number of halogens is 2. The van der Waals surface area contributed by atoms with Gasteiger partial charge < -0.3 is 10.6 Å². The molecule has 0 atom stereocenters.